The summed E-state index contributed by atoms with van der Waals surface area (Å²) < 4.78 is 0. The molecule has 1 aliphatic heterocycles. The Hall–Kier alpha value is -0.120. The zero-order valence-electron chi connectivity index (χ0n) is 15.1. The molecule has 1 rings (SSSR count). The predicted molar refractivity (Wildman–Crippen MR) is 91.7 cm³/mol. The Morgan fingerprint density at radius 3 is 2.05 bits per heavy atom. The maximum absolute atomic E-state index is 10.1. The van der Waals surface area contributed by atoms with Crippen LogP contribution in [-0.4, -0.2) is 59.8 Å². The fraction of sp³-hybridized carbons (Fsp3) is 1.00. The van der Waals surface area contributed by atoms with Gasteiger partial charge >= 0.3 is 0 Å². The van der Waals surface area contributed by atoms with Gasteiger partial charge in [-0.2, -0.15) is 0 Å². The van der Waals surface area contributed by atoms with E-state index in [2.05, 4.69) is 44.4 Å². The van der Waals surface area contributed by atoms with Gasteiger partial charge < -0.3 is 10.0 Å². The van der Waals surface area contributed by atoms with Gasteiger partial charge in [-0.1, -0.05) is 27.2 Å². The second-order valence-corrected chi connectivity index (χ2v) is 8.22. The standard InChI is InChI=1S/C18H38N2O/c1-16(2)20-14-12-19(13-15-20)11-7-9-17(21)8-6-10-18(3,4)5/h16-17,21H,6-15H2,1-5H3/t17-/m1/s1. The van der Waals surface area contributed by atoms with E-state index in [-0.39, 0.29) is 6.10 Å². The van der Waals surface area contributed by atoms with Crippen LogP contribution in [0.3, 0.4) is 0 Å². The third kappa shape index (κ3) is 8.80. The van der Waals surface area contributed by atoms with Crippen LogP contribution in [0.5, 0.6) is 0 Å². The lowest BCUT2D eigenvalue weighted by Gasteiger charge is -2.37. The molecule has 0 amide bonds. The van der Waals surface area contributed by atoms with E-state index >= 15 is 0 Å². The maximum atomic E-state index is 10.1. The van der Waals surface area contributed by atoms with Gasteiger partial charge in [-0.05, 0) is 51.5 Å². The summed E-state index contributed by atoms with van der Waals surface area (Å²) >= 11 is 0. The lowest BCUT2D eigenvalue weighted by atomic mass is 9.89. The van der Waals surface area contributed by atoms with Gasteiger partial charge in [0.25, 0.3) is 0 Å². The molecule has 1 N–H and O–H groups in total. The Labute approximate surface area is 132 Å². The molecule has 1 saturated heterocycles. The van der Waals surface area contributed by atoms with Gasteiger partial charge in [0.15, 0.2) is 0 Å². The highest BCUT2D eigenvalue weighted by Gasteiger charge is 2.18. The Bertz CT molecular complexity index is 265. The topological polar surface area (TPSA) is 26.7 Å². The molecule has 0 unspecified atom stereocenters. The van der Waals surface area contributed by atoms with Crippen molar-refractivity contribution in [2.24, 2.45) is 5.41 Å². The molecule has 0 aliphatic carbocycles. The van der Waals surface area contributed by atoms with Crippen LogP contribution in [0.4, 0.5) is 0 Å². The normalized spacial score (nSPS) is 20.1. The van der Waals surface area contributed by atoms with Crippen molar-refractivity contribution in [1.82, 2.24) is 9.80 Å². The molecule has 0 aromatic rings. The van der Waals surface area contributed by atoms with Crippen molar-refractivity contribution in [2.45, 2.75) is 78.9 Å². The van der Waals surface area contributed by atoms with Crippen molar-refractivity contribution in [3.63, 3.8) is 0 Å². The van der Waals surface area contributed by atoms with E-state index in [4.69, 9.17) is 0 Å². The first-order valence-electron chi connectivity index (χ1n) is 8.92. The molecule has 0 bridgehead atoms. The molecule has 0 aromatic carbocycles. The summed E-state index contributed by atoms with van der Waals surface area (Å²) in [7, 11) is 0. The molecule has 0 aromatic heterocycles. The molecule has 1 heterocycles. The molecule has 3 heteroatoms. The molecule has 3 nitrogen and oxygen atoms in total. The first kappa shape index (κ1) is 18.9. The summed E-state index contributed by atoms with van der Waals surface area (Å²) in [5.74, 6) is 0. The predicted octanol–water partition coefficient (Wildman–Crippen LogP) is 3.37. The third-order valence-corrected chi connectivity index (χ3v) is 4.61. The lowest BCUT2D eigenvalue weighted by Crippen LogP contribution is -2.48. The lowest BCUT2D eigenvalue weighted by molar-refractivity contribution is 0.0980. The second kappa shape index (κ2) is 9.12. The number of aliphatic hydroxyl groups excluding tert-OH is 1. The van der Waals surface area contributed by atoms with Crippen LogP contribution >= 0.6 is 0 Å². The Kier molecular flexibility index (Phi) is 8.22. The van der Waals surface area contributed by atoms with Crippen molar-refractivity contribution >= 4 is 0 Å². The number of hydrogen-bond acceptors (Lipinski definition) is 3. The number of nitrogens with zero attached hydrogens (tertiary/aromatic N) is 2. The average molecular weight is 299 g/mol. The minimum atomic E-state index is -0.0932. The zero-order valence-corrected chi connectivity index (χ0v) is 15.1. The van der Waals surface area contributed by atoms with E-state index in [1.807, 2.05) is 0 Å². The Morgan fingerprint density at radius 1 is 0.952 bits per heavy atom. The van der Waals surface area contributed by atoms with E-state index in [0.717, 1.165) is 32.2 Å². The van der Waals surface area contributed by atoms with Gasteiger partial charge in [-0.15, -0.1) is 0 Å². The summed E-state index contributed by atoms with van der Waals surface area (Å²) in [6.07, 6.45) is 5.34. The molecule has 21 heavy (non-hydrogen) atoms. The van der Waals surface area contributed by atoms with Crippen LogP contribution in [0.25, 0.3) is 0 Å². The SMILES string of the molecule is CC(C)N1CCN(CCC[C@H](O)CCCC(C)(C)C)CC1. The minimum Gasteiger partial charge on any atom is -0.393 e. The number of aliphatic hydroxyl groups is 1. The van der Waals surface area contributed by atoms with Crippen molar-refractivity contribution in [2.75, 3.05) is 32.7 Å². The molecular weight excluding hydrogens is 260 g/mol. The first-order valence-corrected chi connectivity index (χ1v) is 8.92. The summed E-state index contributed by atoms with van der Waals surface area (Å²) in [4.78, 5) is 5.11. The third-order valence-electron chi connectivity index (χ3n) is 4.61. The molecular formula is C18H38N2O. The van der Waals surface area contributed by atoms with Crippen molar-refractivity contribution in [3.8, 4) is 0 Å². The van der Waals surface area contributed by atoms with E-state index in [1.54, 1.807) is 0 Å². The largest absolute Gasteiger partial charge is 0.393 e. The van der Waals surface area contributed by atoms with Crippen LogP contribution in [0, 0.1) is 5.41 Å². The van der Waals surface area contributed by atoms with Gasteiger partial charge in [0.2, 0.25) is 0 Å². The highest BCUT2D eigenvalue weighted by Crippen LogP contribution is 2.22. The van der Waals surface area contributed by atoms with E-state index in [0.29, 0.717) is 11.5 Å². The highest BCUT2D eigenvalue weighted by atomic mass is 16.3. The highest BCUT2D eigenvalue weighted by molar-refractivity contribution is 4.74. The van der Waals surface area contributed by atoms with Crippen molar-refractivity contribution in [3.05, 3.63) is 0 Å². The van der Waals surface area contributed by atoms with Gasteiger partial charge in [0.05, 0.1) is 6.10 Å². The van der Waals surface area contributed by atoms with Gasteiger partial charge in [-0.25, -0.2) is 0 Å². The second-order valence-electron chi connectivity index (χ2n) is 8.22. The summed E-state index contributed by atoms with van der Waals surface area (Å²) in [5.41, 5.74) is 0.399. The van der Waals surface area contributed by atoms with Crippen molar-refractivity contribution in [1.29, 1.82) is 0 Å². The smallest absolute Gasteiger partial charge is 0.0540 e. The summed E-state index contributed by atoms with van der Waals surface area (Å²) in [6.45, 7) is 17.3. The monoisotopic (exact) mass is 298 g/mol. The van der Waals surface area contributed by atoms with E-state index < -0.39 is 0 Å². The number of hydrogen-bond donors (Lipinski definition) is 1. The Balaban J connectivity index is 2.03. The molecule has 0 spiro atoms. The number of piperazine rings is 1. The van der Waals surface area contributed by atoms with Crippen LogP contribution in [0.15, 0.2) is 0 Å². The molecule has 1 fully saturated rings. The summed E-state index contributed by atoms with van der Waals surface area (Å²) in [5, 5.41) is 10.1. The van der Waals surface area contributed by atoms with Crippen LogP contribution in [0.2, 0.25) is 0 Å². The summed E-state index contributed by atoms with van der Waals surface area (Å²) in [6, 6.07) is 0.678. The zero-order chi connectivity index (χ0) is 15.9. The molecule has 1 aliphatic rings. The van der Waals surface area contributed by atoms with Gasteiger partial charge in [0.1, 0.15) is 0 Å². The minimum absolute atomic E-state index is 0.0932. The van der Waals surface area contributed by atoms with E-state index in [1.165, 1.54) is 32.6 Å². The fourth-order valence-electron chi connectivity index (χ4n) is 3.07. The quantitative estimate of drug-likeness (QED) is 0.744. The van der Waals surface area contributed by atoms with E-state index in [9.17, 15) is 5.11 Å². The maximum Gasteiger partial charge on any atom is 0.0540 e. The molecule has 1 atom stereocenters. The van der Waals surface area contributed by atoms with Crippen LogP contribution in [-0.2, 0) is 0 Å². The fourth-order valence-corrected chi connectivity index (χ4v) is 3.07. The molecule has 126 valence electrons. The molecule has 0 saturated carbocycles. The first-order chi connectivity index (χ1) is 9.78. The number of rotatable bonds is 8. The van der Waals surface area contributed by atoms with Crippen molar-refractivity contribution < 1.29 is 5.11 Å². The average Bonchev–Trinajstić information content (AvgIpc) is 2.37. The Morgan fingerprint density at radius 2 is 1.52 bits per heavy atom. The van der Waals surface area contributed by atoms with Crippen LogP contribution < -0.4 is 0 Å². The van der Waals surface area contributed by atoms with Gasteiger partial charge in [-0.3, -0.25) is 4.90 Å². The van der Waals surface area contributed by atoms with Crippen LogP contribution in [0.1, 0.15) is 66.7 Å². The molecule has 0 radical (unpaired) electrons. The van der Waals surface area contributed by atoms with Gasteiger partial charge in [0, 0.05) is 32.2 Å².